The van der Waals surface area contributed by atoms with Gasteiger partial charge in [-0.15, -0.1) is 0 Å². The molecule has 0 fully saturated rings. The molecule has 1 N–H and O–H groups in total. The van der Waals surface area contributed by atoms with Gasteiger partial charge in [-0.2, -0.15) is 0 Å². The number of hydrogen-bond acceptors (Lipinski definition) is 4. The highest BCUT2D eigenvalue weighted by Crippen LogP contribution is 2.23. The molecule has 1 heterocycles. The number of fused-ring (bicyclic) bond motifs is 1. The molecule has 33 heavy (non-hydrogen) atoms. The molecule has 6 nitrogen and oxygen atoms in total. The fourth-order valence-corrected chi connectivity index (χ4v) is 4.47. The van der Waals surface area contributed by atoms with Gasteiger partial charge in [0.15, 0.2) is 9.84 Å². The van der Waals surface area contributed by atoms with Crippen LogP contribution in [0, 0.1) is 0 Å². The Labute approximate surface area is 192 Å². The number of carbonyl (C=O) groups is 2. The molecular formula is C26H24N2O4S. The summed E-state index contributed by atoms with van der Waals surface area (Å²) in [6.45, 7) is 2.40. The van der Waals surface area contributed by atoms with E-state index in [-0.39, 0.29) is 16.8 Å². The number of amides is 1. The Morgan fingerprint density at radius 1 is 1.00 bits per heavy atom. The average molecular weight is 461 g/mol. The van der Waals surface area contributed by atoms with Gasteiger partial charge >= 0.3 is 0 Å². The van der Waals surface area contributed by atoms with Crippen molar-refractivity contribution in [2.75, 3.05) is 6.26 Å². The number of carbonyl (C=O) groups excluding carboxylic acids is 2. The molecule has 4 rings (SSSR count). The van der Waals surface area contributed by atoms with Gasteiger partial charge in [-0.1, -0.05) is 48.5 Å². The molecule has 0 bridgehead atoms. The summed E-state index contributed by atoms with van der Waals surface area (Å²) in [6.07, 6.45) is 3.90. The minimum atomic E-state index is -3.25. The molecule has 0 radical (unpaired) electrons. The van der Waals surface area contributed by atoms with E-state index in [1.54, 1.807) is 42.5 Å². The number of aromatic nitrogens is 1. The van der Waals surface area contributed by atoms with Gasteiger partial charge in [-0.05, 0) is 42.3 Å². The number of sulfone groups is 1. The quantitative estimate of drug-likeness (QED) is 0.414. The van der Waals surface area contributed by atoms with Crippen LogP contribution in [0.3, 0.4) is 0 Å². The normalized spacial score (nSPS) is 12.4. The van der Waals surface area contributed by atoms with Gasteiger partial charge in [0.2, 0.25) is 0 Å². The number of benzene rings is 3. The highest BCUT2D eigenvalue weighted by atomic mass is 32.2. The summed E-state index contributed by atoms with van der Waals surface area (Å²) in [4.78, 5) is 24.3. The molecular weight excluding hydrogens is 436 g/mol. The van der Waals surface area contributed by atoms with Crippen LogP contribution in [0.2, 0.25) is 0 Å². The van der Waals surface area contributed by atoms with Crippen molar-refractivity contribution in [2.24, 2.45) is 0 Å². The van der Waals surface area contributed by atoms with E-state index in [0.717, 1.165) is 28.3 Å². The van der Waals surface area contributed by atoms with E-state index >= 15 is 0 Å². The fourth-order valence-electron chi connectivity index (χ4n) is 3.84. The zero-order chi connectivity index (χ0) is 23.6. The first-order valence-electron chi connectivity index (χ1n) is 10.5. The Bertz CT molecular complexity index is 1420. The lowest BCUT2D eigenvalue weighted by molar-refractivity contribution is 0.0940. The van der Waals surface area contributed by atoms with Crippen LogP contribution in [0.1, 0.15) is 44.8 Å². The van der Waals surface area contributed by atoms with Gasteiger partial charge in [0, 0.05) is 29.9 Å². The van der Waals surface area contributed by atoms with Gasteiger partial charge in [-0.3, -0.25) is 9.59 Å². The predicted octanol–water partition coefficient (Wildman–Crippen LogP) is 4.40. The molecule has 168 valence electrons. The summed E-state index contributed by atoms with van der Waals surface area (Å²) in [6, 6.07) is 21.2. The Balaban J connectivity index is 1.60. The third-order valence-electron chi connectivity index (χ3n) is 5.66. The summed E-state index contributed by atoms with van der Waals surface area (Å²) >= 11 is 0. The summed E-state index contributed by atoms with van der Waals surface area (Å²) < 4.78 is 25.4. The zero-order valence-corrected chi connectivity index (χ0v) is 19.2. The standard InChI is InChI=1S/C26H24N2O4S/c1-18(21-10-6-20(17-29)7-11-21)27-26(30)24-5-3-4-22-14-15-28(25(22)24)16-19-8-12-23(13-9-19)33(2,31)32/h3-15,17-18H,16H2,1-2H3,(H,27,30)/t18-/m0/s1. The molecule has 0 aliphatic heterocycles. The van der Waals surface area contributed by atoms with Crippen molar-refractivity contribution >= 4 is 32.9 Å². The Morgan fingerprint density at radius 3 is 2.33 bits per heavy atom. The van der Waals surface area contributed by atoms with Crippen LogP contribution in [0.4, 0.5) is 0 Å². The van der Waals surface area contributed by atoms with Crippen molar-refractivity contribution in [2.45, 2.75) is 24.4 Å². The van der Waals surface area contributed by atoms with Gasteiger partial charge in [0.25, 0.3) is 5.91 Å². The number of para-hydroxylation sites is 1. The molecule has 1 amide bonds. The highest BCUT2D eigenvalue weighted by molar-refractivity contribution is 7.90. The van der Waals surface area contributed by atoms with Gasteiger partial charge in [-0.25, -0.2) is 8.42 Å². The van der Waals surface area contributed by atoms with Crippen LogP contribution in [-0.2, 0) is 16.4 Å². The topological polar surface area (TPSA) is 85.2 Å². The van der Waals surface area contributed by atoms with E-state index < -0.39 is 9.84 Å². The third kappa shape index (κ3) is 4.88. The molecule has 0 saturated carbocycles. The molecule has 0 saturated heterocycles. The first-order valence-corrected chi connectivity index (χ1v) is 12.4. The Hall–Kier alpha value is -3.71. The van der Waals surface area contributed by atoms with Crippen LogP contribution in [0.25, 0.3) is 10.9 Å². The molecule has 7 heteroatoms. The van der Waals surface area contributed by atoms with E-state index in [0.29, 0.717) is 17.7 Å². The summed E-state index contributed by atoms with van der Waals surface area (Å²) in [7, 11) is -3.25. The van der Waals surface area contributed by atoms with E-state index in [9.17, 15) is 18.0 Å². The van der Waals surface area contributed by atoms with Gasteiger partial charge < -0.3 is 9.88 Å². The zero-order valence-electron chi connectivity index (χ0n) is 18.4. The van der Waals surface area contributed by atoms with Crippen LogP contribution in [0.5, 0.6) is 0 Å². The molecule has 0 aliphatic rings. The maximum absolute atomic E-state index is 13.2. The summed E-state index contributed by atoms with van der Waals surface area (Å²) in [5.74, 6) is -0.195. The van der Waals surface area contributed by atoms with Crippen molar-refractivity contribution in [3.63, 3.8) is 0 Å². The molecule has 1 aromatic heterocycles. The first kappa shape index (κ1) is 22.5. The number of aldehydes is 1. The molecule has 1 atom stereocenters. The second-order valence-corrected chi connectivity index (χ2v) is 10.1. The number of hydrogen-bond donors (Lipinski definition) is 1. The number of nitrogens with one attached hydrogen (secondary N) is 1. The number of rotatable bonds is 7. The van der Waals surface area contributed by atoms with Crippen molar-refractivity contribution < 1.29 is 18.0 Å². The lowest BCUT2D eigenvalue weighted by atomic mass is 10.1. The van der Waals surface area contributed by atoms with Crippen molar-refractivity contribution in [1.82, 2.24) is 9.88 Å². The predicted molar refractivity (Wildman–Crippen MR) is 128 cm³/mol. The minimum absolute atomic E-state index is 0.195. The van der Waals surface area contributed by atoms with Gasteiger partial charge in [0.05, 0.1) is 22.0 Å². The SMILES string of the molecule is C[C@H](NC(=O)c1cccc2ccn(Cc3ccc(S(C)(=O)=O)cc3)c12)c1ccc(C=O)cc1. The van der Waals surface area contributed by atoms with E-state index in [1.165, 1.54) is 6.26 Å². The van der Waals surface area contributed by atoms with Crippen LogP contribution in [-0.4, -0.2) is 31.4 Å². The van der Waals surface area contributed by atoms with E-state index in [4.69, 9.17) is 0 Å². The molecule has 3 aromatic carbocycles. The van der Waals surface area contributed by atoms with Crippen molar-refractivity contribution in [3.8, 4) is 0 Å². The van der Waals surface area contributed by atoms with Crippen LogP contribution in [0.15, 0.2) is 83.9 Å². The van der Waals surface area contributed by atoms with Crippen LogP contribution >= 0.6 is 0 Å². The monoisotopic (exact) mass is 460 g/mol. The van der Waals surface area contributed by atoms with Crippen LogP contribution < -0.4 is 5.32 Å². The number of nitrogens with zero attached hydrogens (tertiary/aromatic N) is 1. The maximum atomic E-state index is 13.2. The van der Waals surface area contributed by atoms with Crippen molar-refractivity contribution in [3.05, 3.63) is 101 Å². The fraction of sp³-hybridized carbons (Fsp3) is 0.154. The minimum Gasteiger partial charge on any atom is -0.345 e. The second-order valence-electron chi connectivity index (χ2n) is 8.08. The molecule has 4 aromatic rings. The van der Waals surface area contributed by atoms with Crippen molar-refractivity contribution in [1.29, 1.82) is 0 Å². The average Bonchev–Trinajstić information content (AvgIpc) is 3.21. The molecule has 0 spiro atoms. The largest absolute Gasteiger partial charge is 0.345 e. The Morgan fingerprint density at radius 2 is 1.70 bits per heavy atom. The third-order valence-corrected chi connectivity index (χ3v) is 6.79. The molecule has 0 aliphatic carbocycles. The maximum Gasteiger partial charge on any atom is 0.253 e. The smallest absolute Gasteiger partial charge is 0.253 e. The van der Waals surface area contributed by atoms with E-state index in [1.807, 2.05) is 48.0 Å². The summed E-state index contributed by atoms with van der Waals surface area (Å²) in [5.41, 5.74) is 3.79. The van der Waals surface area contributed by atoms with E-state index in [2.05, 4.69) is 5.32 Å². The second kappa shape index (κ2) is 9.03. The lowest BCUT2D eigenvalue weighted by Crippen LogP contribution is -2.27. The van der Waals surface area contributed by atoms with Gasteiger partial charge in [0.1, 0.15) is 6.29 Å². The Kier molecular flexibility index (Phi) is 6.16. The lowest BCUT2D eigenvalue weighted by Gasteiger charge is -2.16. The summed E-state index contributed by atoms with van der Waals surface area (Å²) in [5, 5.41) is 3.98. The molecule has 0 unspecified atom stereocenters. The highest BCUT2D eigenvalue weighted by Gasteiger charge is 2.17. The first-order chi connectivity index (χ1) is 15.8.